The van der Waals surface area contributed by atoms with E-state index in [0.717, 1.165) is 0 Å². The molecule has 0 saturated carbocycles. The molecular weight excluding hydrogens is 328 g/mol. The number of methoxy groups -OCH3 is 1. The average Bonchev–Trinajstić information content (AvgIpc) is 2.54. The summed E-state index contributed by atoms with van der Waals surface area (Å²) in [4.78, 5) is 12.4. The number of sulfonamides is 1. The second kappa shape index (κ2) is 7.83. The molecule has 24 heavy (non-hydrogen) atoms. The Morgan fingerprint density at radius 3 is 2.50 bits per heavy atom. The third kappa shape index (κ3) is 4.73. The summed E-state index contributed by atoms with van der Waals surface area (Å²) in [7, 11) is -1.88. The first kappa shape index (κ1) is 17.8. The van der Waals surface area contributed by atoms with Crippen LogP contribution in [0.25, 0.3) is 0 Å². The number of anilines is 2. The van der Waals surface area contributed by atoms with Crippen molar-refractivity contribution >= 4 is 27.3 Å². The third-order valence-corrected chi connectivity index (χ3v) is 4.71. The number of ether oxygens (including phenoxy) is 1. The van der Waals surface area contributed by atoms with Crippen LogP contribution in [0.2, 0.25) is 0 Å². The van der Waals surface area contributed by atoms with E-state index in [1.807, 2.05) is 0 Å². The minimum absolute atomic E-state index is 0.0464. The summed E-state index contributed by atoms with van der Waals surface area (Å²) in [5, 5.41) is 2.74. The van der Waals surface area contributed by atoms with Crippen LogP contribution in [-0.2, 0) is 10.0 Å². The van der Waals surface area contributed by atoms with Gasteiger partial charge in [0.1, 0.15) is 5.75 Å². The van der Waals surface area contributed by atoms with E-state index in [1.165, 1.54) is 7.11 Å². The minimum atomic E-state index is -3.38. The van der Waals surface area contributed by atoms with Crippen LogP contribution in [0.1, 0.15) is 23.7 Å². The highest BCUT2D eigenvalue weighted by Crippen LogP contribution is 2.21. The smallest absolute Gasteiger partial charge is 0.259 e. The maximum absolute atomic E-state index is 12.4. The highest BCUT2D eigenvalue weighted by Gasteiger charge is 2.13. The van der Waals surface area contributed by atoms with Gasteiger partial charge in [-0.2, -0.15) is 0 Å². The van der Waals surface area contributed by atoms with Crippen molar-refractivity contribution in [3.63, 3.8) is 0 Å². The number of nitrogens with one attached hydrogen (secondary N) is 2. The van der Waals surface area contributed by atoms with Crippen molar-refractivity contribution in [1.29, 1.82) is 0 Å². The van der Waals surface area contributed by atoms with Crippen molar-refractivity contribution < 1.29 is 17.9 Å². The van der Waals surface area contributed by atoms with Crippen LogP contribution in [0.4, 0.5) is 11.4 Å². The topological polar surface area (TPSA) is 84.5 Å². The number of amides is 1. The van der Waals surface area contributed by atoms with Gasteiger partial charge in [-0.1, -0.05) is 25.1 Å². The largest absolute Gasteiger partial charge is 0.496 e. The fraction of sp³-hybridized carbons (Fsp3) is 0.235. The van der Waals surface area contributed by atoms with Gasteiger partial charge in [-0.15, -0.1) is 0 Å². The number of carbonyl (C=O) groups is 1. The Labute approximate surface area is 141 Å². The molecule has 2 aromatic carbocycles. The monoisotopic (exact) mass is 348 g/mol. The van der Waals surface area contributed by atoms with Gasteiger partial charge in [0.25, 0.3) is 5.91 Å². The highest BCUT2D eigenvalue weighted by molar-refractivity contribution is 7.92. The quantitative estimate of drug-likeness (QED) is 0.805. The molecule has 128 valence electrons. The molecule has 0 bridgehead atoms. The Bertz CT molecular complexity index is 819. The highest BCUT2D eigenvalue weighted by atomic mass is 32.2. The predicted molar refractivity (Wildman–Crippen MR) is 95.1 cm³/mol. The van der Waals surface area contributed by atoms with E-state index in [-0.39, 0.29) is 11.7 Å². The Kier molecular flexibility index (Phi) is 5.81. The molecule has 0 atom stereocenters. The molecular formula is C17H20N2O4S. The maximum Gasteiger partial charge on any atom is 0.259 e. The summed E-state index contributed by atoms with van der Waals surface area (Å²) in [5.41, 5.74) is 1.29. The van der Waals surface area contributed by atoms with Crippen LogP contribution in [0.3, 0.4) is 0 Å². The second-order valence-electron chi connectivity index (χ2n) is 5.16. The molecule has 6 nitrogen and oxygen atoms in total. The van der Waals surface area contributed by atoms with Crippen molar-refractivity contribution in [3.8, 4) is 5.75 Å². The molecule has 0 spiro atoms. The number of rotatable bonds is 7. The van der Waals surface area contributed by atoms with Crippen LogP contribution in [0.15, 0.2) is 48.5 Å². The minimum Gasteiger partial charge on any atom is -0.496 e. The van der Waals surface area contributed by atoms with Crippen molar-refractivity contribution in [2.75, 3.05) is 22.9 Å². The zero-order chi connectivity index (χ0) is 17.6. The molecule has 2 N–H and O–H groups in total. The van der Waals surface area contributed by atoms with Crippen LogP contribution < -0.4 is 14.8 Å². The van der Waals surface area contributed by atoms with E-state index in [2.05, 4.69) is 10.0 Å². The van der Waals surface area contributed by atoms with Gasteiger partial charge in [0.05, 0.1) is 24.1 Å². The summed E-state index contributed by atoms with van der Waals surface area (Å²) < 4.78 is 31.3. The fourth-order valence-corrected chi connectivity index (χ4v) is 3.32. The maximum atomic E-state index is 12.4. The molecule has 1 amide bonds. The first-order valence-corrected chi connectivity index (χ1v) is 9.15. The van der Waals surface area contributed by atoms with E-state index in [1.54, 1.807) is 55.5 Å². The Balaban J connectivity index is 2.16. The molecule has 0 aliphatic rings. The molecule has 0 aromatic heterocycles. The molecule has 2 rings (SSSR count). The molecule has 0 unspecified atom stereocenters. The second-order valence-corrected chi connectivity index (χ2v) is 7.00. The van der Waals surface area contributed by atoms with Gasteiger partial charge >= 0.3 is 0 Å². The van der Waals surface area contributed by atoms with E-state index < -0.39 is 10.0 Å². The normalized spacial score (nSPS) is 10.9. The number of hydrogen-bond donors (Lipinski definition) is 2. The Morgan fingerprint density at radius 2 is 1.79 bits per heavy atom. The lowest BCUT2D eigenvalue weighted by Gasteiger charge is -2.11. The summed E-state index contributed by atoms with van der Waals surface area (Å²) in [5.74, 6) is 0.181. The number of para-hydroxylation sites is 1. The first-order valence-electron chi connectivity index (χ1n) is 7.50. The first-order chi connectivity index (χ1) is 11.4. The third-order valence-electron chi connectivity index (χ3n) is 3.22. The van der Waals surface area contributed by atoms with Crippen molar-refractivity contribution in [2.45, 2.75) is 13.3 Å². The number of carbonyl (C=O) groups excluding carboxylic acids is 1. The zero-order valence-electron chi connectivity index (χ0n) is 13.6. The van der Waals surface area contributed by atoms with Crippen LogP contribution in [0.5, 0.6) is 5.75 Å². The van der Waals surface area contributed by atoms with Gasteiger partial charge in [0.15, 0.2) is 0 Å². The van der Waals surface area contributed by atoms with Gasteiger partial charge < -0.3 is 10.1 Å². The van der Waals surface area contributed by atoms with Gasteiger partial charge in [-0.3, -0.25) is 9.52 Å². The lowest BCUT2D eigenvalue weighted by Crippen LogP contribution is -2.17. The summed E-state index contributed by atoms with van der Waals surface area (Å²) in [6.07, 6.45) is 0.527. The predicted octanol–water partition coefficient (Wildman–Crippen LogP) is 3.10. The SMILES string of the molecule is CCCS(=O)(=O)Nc1cccc(NC(=O)c2ccccc2OC)c1. The zero-order valence-corrected chi connectivity index (χ0v) is 14.4. The molecule has 0 heterocycles. The van der Waals surface area contributed by atoms with E-state index in [0.29, 0.717) is 29.1 Å². The molecule has 0 radical (unpaired) electrons. The molecule has 2 aromatic rings. The van der Waals surface area contributed by atoms with Gasteiger partial charge in [0, 0.05) is 5.69 Å². The summed E-state index contributed by atoms with van der Waals surface area (Å²) in [6, 6.07) is 13.4. The van der Waals surface area contributed by atoms with Crippen LogP contribution in [0, 0.1) is 0 Å². The fourth-order valence-electron chi connectivity index (χ4n) is 2.19. The van der Waals surface area contributed by atoms with Gasteiger partial charge in [0.2, 0.25) is 10.0 Å². The van der Waals surface area contributed by atoms with Gasteiger partial charge in [-0.25, -0.2) is 8.42 Å². The van der Waals surface area contributed by atoms with Crippen LogP contribution in [-0.4, -0.2) is 27.2 Å². The molecule has 0 fully saturated rings. The Hall–Kier alpha value is -2.54. The molecule has 0 aliphatic carbocycles. The van der Waals surface area contributed by atoms with Crippen molar-refractivity contribution in [2.24, 2.45) is 0 Å². The summed E-state index contributed by atoms with van der Waals surface area (Å²) in [6.45, 7) is 1.79. The van der Waals surface area contributed by atoms with E-state index in [9.17, 15) is 13.2 Å². The van der Waals surface area contributed by atoms with Gasteiger partial charge in [-0.05, 0) is 36.8 Å². The number of hydrogen-bond acceptors (Lipinski definition) is 4. The van der Waals surface area contributed by atoms with E-state index in [4.69, 9.17) is 4.74 Å². The molecule has 7 heteroatoms. The van der Waals surface area contributed by atoms with Crippen molar-refractivity contribution in [3.05, 3.63) is 54.1 Å². The molecule has 0 saturated heterocycles. The summed E-state index contributed by atoms with van der Waals surface area (Å²) >= 11 is 0. The van der Waals surface area contributed by atoms with E-state index >= 15 is 0 Å². The standard InChI is InChI=1S/C17H20N2O4S/c1-3-11-24(21,22)19-14-8-6-7-13(12-14)18-17(20)15-9-4-5-10-16(15)23-2/h4-10,12,19H,3,11H2,1-2H3,(H,18,20). The van der Waals surface area contributed by atoms with Crippen LogP contribution >= 0.6 is 0 Å². The molecule has 0 aliphatic heterocycles. The lowest BCUT2D eigenvalue weighted by molar-refractivity contribution is 0.102. The van der Waals surface area contributed by atoms with Crippen molar-refractivity contribution in [1.82, 2.24) is 0 Å². The Morgan fingerprint density at radius 1 is 1.08 bits per heavy atom. The number of benzene rings is 2. The average molecular weight is 348 g/mol. The lowest BCUT2D eigenvalue weighted by atomic mass is 10.2.